The predicted molar refractivity (Wildman–Crippen MR) is 543 cm³/mol. The first kappa shape index (κ1) is 110. The molecule has 0 amide bonds. The van der Waals surface area contributed by atoms with Crippen molar-refractivity contribution in [2.45, 2.75) is 486 Å². The topological polar surface area (TPSA) is 389 Å². The number of carboxylic acids is 5. The van der Waals surface area contributed by atoms with Crippen LogP contribution in [0.1, 0.15) is 425 Å². The number of aliphatic hydroxyl groups is 10. The summed E-state index contributed by atoms with van der Waals surface area (Å²) in [6.07, 6.45) is 46.1. The van der Waals surface area contributed by atoms with Crippen LogP contribution in [0.15, 0.2) is 0 Å². The minimum Gasteiger partial charge on any atom is -0.481 e. The summed E-state index contributed by atoms with van der Waals surface area (Å²) in [5, 5.41) is 153. The normalized spacial score (nSPS) is 51.7. The first-order valence-corrected chi connectivity index (χ1v) is 58.7. The number of fused-ring (bicyclic) bond motifs is 25. The first-order chi connectivity index (χ1) is 65.8. The molecular formula is C120H200O20. The summed E-state index contributed by atoms with van der Waals surface area (Å²) in [5.41, 5.74) is 2.00. The molecule has 15 N–H and O–H groups in total. The number of hydrogen-bond donors (Lipinski definition) is 15. The average Bonchev–Trinajstić information content (AvgIpc) is 1.40. The van der Waals surface area contributed by atoms with Gasteiger partial charge in [-0.25, -0.2) is 0 Å². The van der Waals surface area contributed by atoms with Crippen molar-refractivity contribution in [2.75, 3.05) is 0 Å². The van der Waals surface area contributed by atoms with Crippen molar-refractivity contribution in [3.63, 3.8) is 0 Å². The van der Waals surface area contributed by atoms with E-state index in [-0.39, 0.29) is 136 Å². The van der Waals surface area contributed by atoms with Crippen molar-refractivity contribution in [3.8, 4) is 0 Å². The summed E-state index contributed by atoms with van der Waals surface area (Å²) in [7, 11) is 0. The fourth-order valence-corrected chi connectivity index (χ4v) is 43.6. The van der Waals surface area contributed by atoms with Gasteiger partial charge >= 0.3 is 29.8 Å². The highest BCUT2D eigenvalue weighted by atomic mass is 16.4. The molecule has 800 valence electrons. The summed E-state index contributed by atoms with van der Waals surface area (Å²) in [4.78, 5) is 55.3. The number of aliphatic carboxylic acids is 5. The second-order valence-electron chi connectivity index (χ2n) is 56.7. The molecule has 0 aromatic carbocycles. The molecule has 0 bridgehead atoms. The first-order valence-electron chi connectivity index (χ1n) is 58.7. The number of carboxylic acid groups (broad SMARTS) is 5. The van der Waals surface area contributed by atoms with Gasteiger partial charge in [-0.3, -0.25) is 24.0 Å². The van der Waals surface area contributed by atoms with Crippen molar-refractivity contribution >= 4 is 29.8 Å². The van der Waals surface area contributed by atoms with Gasteiger partial charge in [0.1, 0.15) is 0 Å². The minimum absolute atomic E-state index is 0.0561. The Morgan fingerprint density at radius 2 is 0.450 bits per heavy atom. The van der Waals surface area contributed by atoms with E-state index in [1.807, 2.05) is 0 Å². The Kier molecular flexibility index (Phi) is 33.1. The van der Waals surface area contributed by atoms with Gasteiger partial charge in [0.2, 0.25) is 0 Å². The van der Waals surface area contributed by atoms with E-state index in [2.05, 4.69) is 104 Å². The summed E-state index contributed by atoms with van der Waals surface area (Å²) in [6, 6.07) is 0. The molecule has 20 fully saturated rings. The molecule has 22 unspecified atom stereocenters. The lowest BCUT2D eigenvalue weighted by molar-refractivity contribution is -0.207. The minimum atomic E-state index is -0.748. The maximum Gasteiger partial charge on any atom is 0.303 e. The Morgan fingerprint density at radius 3 is 0.800 bits per heavy atom. The Bertz CT molecular complexity index is 4120. The average molecular weight is 1960 g/mol. The van der Waals surface area contributed by atoms with Crippen molar-refractivity contribution < 1.29 is 101 Å². The molecule has 20 nitrogen and oxygen atoms in total. The molecule has 0 aliphatic heterocycles. The van der Waals surface area contributed by atoms with E-state index in [9.17, 15) is 75.0 Å². The molecule has 20 heteroatoms. The fraction of sp³-hybridized carbons (Fsp3) is 0.958. The van der Waals surface area contributed by atoms with Gasteiger partial charge in [0.15, 0.2) is 0 Å². The monoisotopic (exact) mass is 1960 g/mol. The van der Waals surface area contributed by atoms with E-state index in [4.69, 9.17) is 25.5 Å². The Hall–Kier alpha value is -3.05. The zero-order valence-electron chi connectivity index (χ0n) is 89.7. The van der Waals surface area contributed by atoms with Crippen LogP contribution in [0.2, 0.25) is 0 Å². The van der Waals surface area contributed by atoms with Crippen LogP contribution in [-0.2, 0) is 24.0 Å². The van der Waals surface area contributed by atoms with Gasteiger partial charge in [-0.15, -0.1) is 0 Å². The van der Waals surface area contributed by atoms with Gasteiger partial charge in [-0.1, -0.05) is 104 Å². The molecule has 20 saturated carbocycles. The number of rotatable bonds is 20. The zero-order valence-corrected chi connectivity index (χ0v) is 89.7. The lowest BCUT2D eigenvalue weighted by Crippen LogP contribution is -2.62. The summed E-state index contributed by atoms with van der Waals surface area (Å²) >= 11 is 0. The highest BCUT2D eigenvalue weighted by molar-refractivity contribution is 5.68. The van der Waals surface area contributed by atoms with Crippen molar-refractivity contribution in [2.24, 2.45) is 232 Å². The van der Waals surface area contributed by atoms with Crippen LogP contribution in [0.5, 0.6) is 0 Å². The Balaban J connectivity index is 0.000000126. The molecule has 0 spiro atoms. The summed E-state index contributed by atoms with van der Waals surface area (Å²) < 4.78 is 0. The molecule has 20 rings (SSSR count). The lowest BCUT2D eigenvalue weighted by Gasteiger charge is -2.63. The van der Waals surface area contributed by atoms with Crippen LogP contribution >= 0.6 is 0 Å². The van der Waals surface area contributed by atoms with Gasteiger partial charge in [-0.05, 0) is 521 Å². The van der Waals surface area contributed by atoms with E-state index in [0.717, 1.165) is 191 Å². The standard InChI is InChI=1S/C24H40O5.3C24H40O4.C24H40O3/c1-13(4-7-21(28)29)16-5-6-17-22-18(12-20(27)24(16,17)3)23(2)9-8-15(25)10-14(23)11-19(22)26;1-14(4-9-22(27)28)18-7-8-19-17-6-5-15-12-16(25)10-11-23(15,2)20(17)13-21(26)24(18,19)3;2*1-14(4-7-21(27)28)17-5-6-18-22-19(9-11-24(17,18)3)23(2)10-8-16(25)12-15(23)13-20(22)26;1-15(4-9-22(26)27)19-7-8-20-18-6-5-16-14-17(25)10-12-23(16,2)21(18)11-13-24(19,20)3/h13-20,22,25-27H,4-12H2,1-3H3,(H,28,29);14-21,25-26H,4-13H2,1-3H3,(H,27,28);2*14-20,22,25-26H,4-13H2,1-3H3,(H,27,28);15-21,25H,4-14H2,1-3H3,(H,26,27)/t13?,14-,15+,16?,17?,18?,19+,20-,22?,23-,24+;14?,15-,16-,17?,18-,19?,20?,21+,23+,24-;14?,15-,16+,17?,18?,19?,20+,22?,23-,24+;14?,15-,16+,17+,18?,19?,20-,22?,23-,24+;15?,16-,17-,18?,19-,20?,21?,23+,24-/m01001/s1. The maximum atomic E-state index is 11.5. The van der Waals surface area contributed by atoms with Crippen LogP contribution in [0.4, 0.5) is 0 Å². The molecule has 0 saturated heterocycles. The van der Waals surface area contributed by atoms with E-state index in [1.54, 1.807) is 0 Å². The molecule has 50 atom stereocenters. The van der Waals surface area contributed by atoms with Gasteiger partial charge in [-0.2, -0.15) is 0 Å². The Morgan fingerprint density at radius 1 is 0.221 bits per heavy atom. The maximum absolute atomic E-state index is 11.5. The molecule has 20 aliphatic rings. The smallest absolute Gasteiger partial charge is 0.303 e. The second-order valence-corrected chi connectivity index (χ2v) is 56.7. The van der Waals surface area contributed by atoms with E-state index in [1.165, 1.54) is 116 Å². The molecule has 0 heterocycles. The highest BCUT2D eigenvalue weighted by Crippen LogP contribution is 2.76. The molecular weight excluding hydrogens is 1760 g/mol. The summed E-state index contributed by atoms with van der Waals surface area (Å²) in [6.45, 7) is 35.5. The number of hydrogen-bond acceptors (Lipinski definition) is 15. The zero-order chi connectivity index (χ0) is 101. The number of carbonyl (C=O) groups is 5. The lowest BCUT2D eigenvalue weighted by atomic mass is 9.43. The second kappa shape index (κ2) is 42.3. The molecule has 0 aromatic heterocycles. The van der Waals surface area contributed by atoms with Gasteiger partial charge < -0.3 is 76.6 Å². The predicted octanol–water partition coefficient (Wildman–Crippen LogP) is 22.4. The third kappa shape index (κ3) is 19.9. The molecule has 0 aromatic rings. The quantitative estimate of drug-likeness (QED) is 0.0538. The molecule has 140 heavy (non-hydrogen) atoms. The third-order valence-corrected chi connectivity index (χ3v) is 51.3. The van der Waals surface area contributed by atoms with Gasteiger partial charge in [0, 0.05) is 32.1 Å². The van der Waals surface area contributed by atoms with E-state index < -0.39 is 36.0 Å². The third-order valence-electron chi connectivity index (χ3n) is 51.3. The number of aliphatic hydroxyl groups excluding tert-OH is 10. The van der Waals surface area contributed by atoms with Crippen LogP contribution in [0, 0.1) is 232 Å². The van der Waals surface area contributed by atoms with Crippen LogP contribution in [0.3, 0.4) is 0 Å². The van der Waals surface area contributed by atoms with Gasteiger partial charge in [0.05, 0.1) is 61.0 Å². The fourth-order valence-electron chi connectivity index (χ4n) is 43.6. The van der Waals surface area contributed by atoms with E-state index >= 15 is 0 Å². The molecule has 0 radical (unpaired) electrons. The SMILES string of the molecule is CC(CCC(=O)O)C1CCC2C3C(CC[C@]12C)[C@@]1(C)CC[C@@H](O)C[C@H]1C[C@H]3O.CC(CCC(=O)O)C1CCC2C3C(C[C@H](O)[C@]12C)[C@@]1(C)CC[C@@H](O)C[C@H]1C[C@H]3O.CC(CCC(=O)O)[C@H]1CCC2C3C(CC[C@@]21C)[C@@]1(C)CC[C@@H](O)C[C@H]1C[C@@H]3O.CC(CCC(=O)O)[C@H]1CCC2C3CC[C@@H]4C[C@H](O)CC[C@]4(C)C3CC[C@@]21C.CC(CCC(=O)O)[C@H]1CCC2C3CC[C@@H]4C[C@H](O)CC[C@]4(C)C3C[C@H](O)[C@@]21C. The van der Waals surface area contributed by atoms with Crippen molar-refractivity contribution in [1.29, 1.82) is 0 Å². The highest BCUT2D eigenvalue weighted by Gasteiger charge is 2.71. The Labute approximate surface area is 843 Å². The van der Waals surface area contributed by atoms with Crippen LogP contribution in [0.25, 0.3) is 0 Å². The van der Waals surface area contributed by atoms with E-state index in [0.29, 0.717) is 166 Å². The van der Waals surface area contributed by atoms with Crippen LogP contribution < -0.4 is 0 Å². The molecule has 20 aliphatic carbocycles. The summed E-state index contributed by atoms with van der Waals surface area (Å²) in [5.74, 6) is 12.2. The van der Waals surface area contributed by atoms with Gasteiger partial charge in [0.25, 0.3) is 0 Å². The van der Waals surface area contributed by atoms with Crippen LogP contribution in [-0.4, -0.2) is 167 Å². The van der Waals surface area contributed by atoms with Crippen molar-refractivity contribution in [1.82, 2.24) is 0 Å². The largest absolute Gasteiger partial charge is 0.481 e. The van der Waals surface area contributed by atoms with Crippen molar-refractivity contribution in [3.05, 3.63) is 0 Å².